The topological polar surface area (TPSA) is 56.8 Å². The van der Waals surface area contributed by atoms with Crippen LogP contribution in [0.15, 0.2) is 54.6 Å². The van der Waals surface area contributed by atoms with Crippen molar-refractivity contribution in [1.29, 1.82) is 0 Å². The maximum atomic E-state index is 13.5. The zero-order valence-electron chi connectivity index (χ0n) is 15.8. The van der Waals surface area contributed by atoms with Gasteiger partial charge in [0.2, 0.25) is 0 Å². The zero-order valence-corrected chi connectivity index (χ0v) is 16.7. The first-order valence-electron chi connectivity index (χ1n) is 8.87. The molecule has 5 nitrogen and oxygen atoms in total. The Morgan fingerprint density at radius 3 is 2.00 bits per heavy atom. The van der Waals surface area contributed by atoms with Crippen molar-refractivity contribution in [3.63, 3.8) is 0 Å². The summed E-state index contributed by atoms with van der Waals surface area (Å²) in [5, 5.41) is 3.44. The van der Waals surface area contributed by atoms with Crippen molar-refractivity contribution in [3.8, 4) is 5.75 Å². The molecular weight excluding hydrogens is 349 g/mol. The van der Waals surface area contributed by atoms with E-state index in [4.69, 9.17) is 13.8 Å². The fourth-order valence-electron chi connectivity index (χ4n) is 2.78. The second-order valence-corrected chi connectivity index (χ2v) is 7.96. The van der Waals surface area contributed by atoms with Gasteiger partial charge in [0.25, 0.3) is 0 Å². The van der Waals surface area contributed by atoms with Crippen LogP contribution in [0.25, 0.3) is 0 Å². The molecule has 0 unspecified atom stereocenters. The van der Waals surface area contributed by atoms with Crippen LogP contribution < -0.4 is 10.1 Å². The first kappa shape index (κ1) is 20.7. The van der Waals surface area contributed by atoms with Crippen molar-refractivity contribution in [1.82, 2.24) is 5.32 Å². The highest BCUT2D eigenvalue weighted by Crippen LogP contribution is 2.60. The van der Waals surface area contributed by atoms with E-state index in [0.717, 1.165) is 16.9 Å². The minimum atomic E-state index is -3.40. The van der Waals surface area contributed by atoms with E-state index in [9.17, 15) is 4.57 Å². The lowest BCUT2D eigenvalue weighted by Crippen LogP contribution is -2.26. The van der Waals surface area contributed by atoms with E-state index in [2.05, 4.69) is 5.32 Å². The Balaban J connectivity index is 2.37. The molecule has 142 valence electrons. The van der Waals surface area contributed by atoms with E-state index in [1.165, 1.54) is 0 Å². The van der Waals surface area contributed by atoms with Crippen LogP contribution in [0, 0.1) is 0 Å². The van der Waals surface area contributed by atoms with E-state index < -0.39 is 13.4 Å². The fourth-order valence-corrected chi connectivity index (χ4v) is 4.81. The maximum absolute atomic E-state index is 13.5. The largest absolute Gasteiger partial charge is 0.497 e. The summed E-state index contributed by atoms with van der Waals surface area (Å²) in [5.41, 5.74) is 1.93. The molecule has 0 spiro atoms. The standard InChI is InChI=1S/C20H28NO4P/c1-5-24-26(22,25-6-2)20(18-12-14-19(23-4)15-13-18)21-16(3)17-10-8-7-9-11-17/h7-16,20-21H,5-6H2,1-4H3/t16-,20-/m0/s1. The molecule has 2 atom stereocenters. The summed E-state index contributed by atoms with van der Waals surface area (Å²) in [6.45, 7) is 6.29. The van der Waals surface area contributed by atoms with Gasteiger partial charge in [0.15, 0.2) is 0 Å². The van der Waals surface area contributed by atoms with Crippen LogP contribution in [-0.2, 0) is 13.6 Å². The summed E-state index contributed by atoms with van der Waals surface area (Å²) < 4.78 is 30.0. The lowest BCUT2D eigenvalue weighted by Gasteiger charge is -2.30. The normalized spacial score (nSPS) is 14.0. The molecule has 0 saturated carbocycles. The molecule has 0 heterocycles. The van der Waals surface area contributed by atoms with Gasteiger partial charge in [-0.2, -0.15) is 0 Å². The molecule has 0 aromatic heterocycles. The number of benzene rings is 2. The van der Waals surface area contributed by atoms with E-state index in [1.54, 1.807) is 7.11 Å². The predicted molar refractivity (Wildman–Crippen MR) is 105 cm³/mol. The molecule has 2 aromatic rings. The summed E-state index contributed by atoms with van der Waals surface area (Å²) in [4.78, 5) is 0. The summed E-state index contributed by atoms with van der Waals surface area (Å²) in [7, 11) is -1.78. The molecule has 26 heavy (non-hydrogen) atoms. The molecule has 0 bridgehead atoms. The van der Waals surface area contributed by atoms with Crippen molar-refractivity contribution >= 4 is 7.60 Å². The van der Waals surface area contributed by atoms with Gasteiger partial charge in [0.05, 0.1) is 20.3 Å². The lowest BCUT2D eigenvalue weighted by atomic mass is 10.1. The molecule has 0 fully saturated rings. The van der Waals surface area contributed by atoms with Gasteiger partial charge in [-0.05, 0) is 44.0 Å². The van der Waals surface area contributed by atoms with Crippen LogP contribution in [0.1, 0.15) is 43.7 Å². The molecule has 1 N–H and O–H groups in total. The van der Waals surface area contributed by atoms with Crippen LogP contribution in [0.5, 0.6) is 5.75 Å². The highest BCUT2D eigenvalue weighted by atomic mass is 31.2. The SMILES string of the molecule is CCOP(=O)(OCC)[C@H](N[C@@H](C)c1ccccc1)c1ccc(OC)cc1. The minimum absolute atomic E-state index is 0.0301. The maximum Gasteiger partial charge on any atom is 0.351 e. The minimum Gasteiger partial charge on any atom is -0.497 e. The van der Waals surface area contributed by atoms with E-state index in [0.29, 0.717) is 13.2 Å². The van der Waals surface area contributed by atoms with Crippen molar-refractivity contribution in [2.75, 3.05) is 20.3 Å². The van der Waals surface area contributed by atoms with E-state index in [1.807, 2.05) is 75.4 Å². The average Bonchev–Trinajstić information content (AvgIpc) is 2.67. The van der Waals surface area contributed by atoms with Gasteiger partial charge in [-0.25, -0.2) is 0 Å². The number of rotatable bonds is 10. The molecular formula is C20H28NO4P. The third-order valence-electron chi connectivity index (χ3n) is 4.07. The number of nitrogens with one attached hydrogen (secondary N) is 1. The first-order valence-corrected chi connectivity index (χ1v) is 10.5. The Hall–Kier alpha value is -1.65. The number of methoxy groups -OCH3 is 1. The summed E-state index contributed by atoms with van der Waals surface area (Å²) in [6.07, 6.45) is 0. The molecule has 0 aliphatic carbocycles. The van der Waals surface area contributed by atoms with Crippen molar-refractivity contribution in [3.05, 3.63) is 65.7 Å². The number of hydrogen-bond acceptors (Lipinski definition) is 5. The van der Waals surface area contributed by atoms with Crippen molar-refractivity contribution < 1.29 is 18.3 Å². The van der Waals surface area contributed by atoms with Gasteiger partial charge < -0.3 is 13.8 Å². The van der Waals surface area contributed by atoms with Gasteiger partial charge in [-0.3, -0.25) is 9.88 Å². The van der Waals surface area contributed by atoms with Gasteiger partial charge in [-0.15, -0.1) is 0 Å². The number of hydrogen-bond donors (Lipinski definition) is 1. The van der Waals surface area contributed by atoms with Crippen LogP contribution in [0.2, 0.25) is 0 Å². The fraction of sp³-hybridized carbons (Fsp3) is 0.400. The average molecular weight is 377 g/mol. The van der Waals surface area contributed by atoms with Crippen molar-refractivity contribution in [2.24, 2.45) is 0 Å². The zero-order chi connectivity index (χ0) is 19.0. The van der Waals surface area contributed by atoms with Crippen LogP contribution in [0.4, 0.5) is 0 Å². The van der Waals surface area contributed by atoms with Crippen molar-refractivity contribution in [2.45, 2.75) is 32.6 Å². The smallest absolute Gasteiger partial charge is 0.351 e. The molecule has 2 aromatic carbocycles. The highest BCUT2D eigenvalue weighted by Gasteiger charge is 2.37. The predicted octanol–water partition coefficient (Wildman–Crippen LogP) is 5.31. The Labute approximate surface area is 156 Å². The molecule has 6 heteroatoms. The quantitative estimate of drug-likeness (QED) is 0.569. The molecule has 0 saturated heterocycles. The lowest BCUT2D eigenvalue weighted by molar-refractivity contribution is 0.205. The van der Waals surface area contributed by atoms with Crippen LogP contribution in [0.3, 0.4) is 0 Å². The Bertz CT molecular complexity index is 696. The third-order valence-corrected chi connectivity index (χ3v) is 6.39. The monoisotopic (exact) mass is 377 g/mol. The van der Waals surface area contributed by atoms with E-state index in [-0.39, 0.29) is 6.04 Å². The highest BCUT2D eigenvalue weighted by molar-refractivity contribution is 7.54. The van der Waals surface area contributed by atoms with Gasteiger partial charge in [0, 0.05) is 6.04 Å². The molecule has 2 rings (SSSR count). The molecule has 0 aliphatic rings. The Morgan fingerprint density at radius 1 is 0.923 bits per heavy atom. The molecule has 0 amide bonds. The van der Waals surface area contributed by atoms with Crippen LogP contribution in [-0.4, -0.2) is 20.3 Å². The summed E-state index contributed by atoms with van der Waals surface area (Å²) in [6, 6.07) is 17.5. The molecule has 0 radical (unpaired) electrons. The third kappa shape index (κ3) is 5.18. The van der Waals surface area contributed by atoms with Gasteiger partial charge in [-0.1, -0.05) is 42.5 Å². The van der Waals surface area contributed by atoms with Gasteiger partial charge in [0.1, 0.15) is 11.5 Å². The van der Waals surface area contributed by atoms with Crippen LogP contribution >= 0.6 is 7.60 Å². The number of ether oxygens (including phenoxy) is 1. The Morgan fingerprint density at radius 2 is 1.50 bits per heavy atom. The van der Waals surface area contributed by atoms with Gasteiger partial charge >= 0.3 is 7.60 Å². The molecule has 0 aliphatic heterocycles. The first-order chi connectivity index (χ1) is 12.5. The van der Waals surface area contributed by atoms with E-state index >= 15 is 0 Å². The Kier molecular flexibility index (Phi) is 7.85. The second-order valence-electron chi connectivity index (χ2n) is 5.85. The summed E-state index contributed by atoms with van der Waals surface area (Å²) in [5.74, 6) is 0.162. The second kappa shape index (κ2) is 9.89. The summed E-state index contributed by atoms with van der Waals surface area (Å²) >= 11 is 0.